The van der Waals surface area contributed by atoms with Crippen LogP contribution in [0.4, 0.5) is 0 Å². The quantitative estimate of drug-likeness (QED) is 0.0591. The van der Waals surface area contributed by atoms with Crippen molar-refractivity contribution in [2.24, 2.45) is 5.73 Å². The van der Waals surface area contributed by atoms with E-state index in [1.54, 1.807) is 44.2 Å². The van der Waals surface area contributed by atoms with Crippen LogP contribution in [0.3, 0.4) is 0 Å². The van der Waals surface area contributed by atoms with Gasteiger partial charge in [-0.3, -0.25) is 0 Å². The number of esters is 2. The van der Waals surface area contributed by atoms with Gasteiger partial charge in [0.15, 0.2) is 0 Å². The van der Waals surface area contributed by atoms with Crippen LogP contribution in [-0.4, -0.2) is 32.2 Å². The molecule has 0 atom stereocenters. The van der Waals surface area contributed by atoms with Crippen LogP contribution in [0, 0.1) is 13.8 Å². The predicted molar refractivity (Wildman–Crippen MR) is 181 cm³/mol. The first-order valence-electron chi connectivity index (χ1n) is 14.7. The number of carbonyl (C=O) groups excluding carboxylic acids is 2. The summed E-state index contributed by atoms with van der Waals surface area (Å²) in [5.41, 5.74) is 8.41. The van der Waals surface area contributed by atoms with Gasteiger partial charge in [0.25, 0.3) is 0 Å². The minimum absolute atomic E-state index is 0.114. The third kappa shape index (κ3) is 7.28. The number of benzene rings is 4. The molecule has 7 nitrogen and oxygen atoms in total. The fourth-order valence-electron chi connectivity index (χ4n) is 5.16. The van der Waals surface area contributed by atoms with Gasteiger partial charge < -0.3 is 19.9 Å². The number of fused-ring (bicyclic) bond motifs is 3. The van der Waals surface area contributed by atoms with Crippen LogP contribution in [0.5, 0.6) is 11.5 Å². The fourth-order valence-corrected chi connectivity index (χ4v) is 5.16. The van der Waals surface area contributed by atoms with Crippen molar-refractivity contribution in [2.75, 3.05) is 20.3 Å². The van der Waals surface area contributed by atoms with Gasteiger partial charge in [-0.05, 0) is 92.5 Å². The topological polar surface area (TPSA) is 99.1 Å². The summed E-state index contributed by atoms with van der Waals surface area (Å²) < 4.78 is 23.6. The number of carbonyl (C=O) groups is 2. The predicted octanol–water partition coefficient (Wildman–Crippen LogP) is 8.68. The van der Waals surface area contributed by atoms with Gasteiger partial charge >= 0.3 is 23.1 Å². The van der Waals surface area contributed by atoms with Crippen LogP contribution >= 0.6 is 0 Å². The van der Waals surface area contributed by atoms with Crippen molar-refractivity contribution in [2.45, 2.75) is 27.7 Å². The van der Waals surface area contributed by atoms with E-state index < -0.39 is 11.9 Å². The molecule has 0 spiro atoms. The summed E-state index contributed by atoms with van der Waals surface area (Å²) in [5.74, 6) is 0.0289. The summed E-state index contributed by atoms with van der Waals surface area (Å²) in [4.78, 5) is 26.9. The Morgan fingerprint density at radius 1 is 0.889 bits per heavy atom. The van der Waals surface area contributed by atoms with Crippen LogP contribution in [-0.2, 0) is 4.74 Å². The van der Waals surface area contributed by atoms with E-state index in [0.29, 0.717) is 62.3 Å². The SMILES string of the molecule is C=C/C=C(\C=C/C)COC(=O)c1cc(C)c(OC(=O)c2c3ccc(OCC)cc3[o+]c3cc4ccccc4cc23)c(C)c1.CN. The van der Waals surface area contributed by atoms with Crippen molar-refractivity contribution >= 4 is 44.6 Å². The van der Waals surface area contributed by atoms with Gasteiger partial charge in [-0.2, -0.15) is 0 Å². The molecular weight excluding hydrogens is 566 g/mol. The molecule has 0 fully saturated rings. The minimum Gasteiger partial charge on any atom is -0.494 e. The average Bonchev–Trinajstić information content (AvgIpc) is 3.04. The van der Waals surface area contributed by atoms with Crippen molar-refractivity contribution in [1.29, 1.82) is 0 Å². The summed E-state index contributed by atoms with van der Waals surface area (Å²) in [5, 5.41) is 3.21. The molecule has 230 valence electrons. The molecule has 4 aromatic carbocycles. The molecule has 0 bridgehead atoms. The molecule has 5 rings (SSSR count). The van der Waals surface area contributed by atoms with E-state index in [1.165, 1.54) is 7.05 Å². The Morgan fingerprint density at radius 2 is 1.56 bits per heavy atom. The first kappa shape index (κ1) is 32.6. The monoisotopic (exact) mass is 604 g/mol. The molecule has 1 aromatic heterocycles. The highest BCUT2D eigenvalue weighted by Gasteiger charge is 2.27. The first-order valence-corrected chi connectivity index (χ1v) is 14.7. The fraction of sp³-hybridized carbons (Fsp3) is 0.184. The standard InChI is InChI=1S/C37H33O6.CH5N/c1-6-11-25(12-7-2)22-41-36(38)28-17-23(4)35(24(5)18-28)43-37(39)34-30-16-15-29(40-8-3)21-33(30)42-32-20-27-14-10-9-13-26(27)19-31(32)34;1-2/h6-7,9-21H,1,8,22H2,2-5H3;2H2,1H3/q+1;/b12-7-,25-11+;. The molecule has 2 N–H and O–H groups in total. The molecule has 0 aliphatic heterocycles. The molecule has 7 heteroatoms. The van der Waals surface area contributed by atoms with Crippen molar-refractivity contribution < 1.29 is 28.2 Å². The third-order valence-corrected chi connectivity index (χ3v) is 7.05. The molecule has 45 heavy (non-hydrogen) atoms. The van der Waals surface area contributed by atoms with E-state index in [9.17, 15) is 9.59 Å². The number of hydrogen-bond acceptors (Lipinski definition) is 6. The summed E-state index contributed by atoms with van der Waals surface area (Å²) >= 11 is 0. The van der Waals surface area contributed by atoms with Gasteiger partial charge in [0.05, 0.1) is 40.6 Å². The second-order valence-corrected chi connectivity index (χ2v) is 10.1. The lowest BCUT2D eigenvalue weighted by molar-refractivity contribution is 0.0542. The molecular formula is C38H38NO6+. The maximum absolute atomic E-state index is 14.0. The minimum atomic E-state index is -0.530. The van der Waals surface area contributed by atoms with Gasteiger partial charge in [0, 0.05) is 0 Å². The summed E-state index contributed by atoms with van der Waals surface area (Å²) in [6, 6.07) is 20.5. The Bertz CT molecular complexity index is 1930. The van der Waals surface area contributed by atoms with Crippen molar-refractivity contribution in [3.05, 3.63) is 125 Å². The lowest BCUT2D eigenvalue weighted by Crippen LogP contribution is -2.13. The first-order chi connectivity index (χ1) is 21.8. The highest BCUT2D eigenvalue weighted by molar-refractivity contribution is 6.16. The molecule has 0 unspecified atom stereocenters. The van der Waals surface area contributed by atoms with Crippen LogP contribution < -0.4 is 15.2 Å². The van der Waals surface area contributed by atoms with E-state index in [2.05, 4.69) is 12.3 Å². The third-order valence-electron chi connectivity index (χ3n) is 7.05. The molecule has 0 aliphatic rings. The van der Waals surface area contributed by atoms with Crippen LogP contribution in [0.25, 0.3) is 32.7 Å². The Hall–Kier alpha value is -5.27. The number of aryl methyl sites for hydroxylation is 2. The maximum Gasteiger partial charge on any atom is 0.365 e. The van der Waals surface area contributed by atoms with Crippen LogP contribution in [0.1, 0.15) is 45.7 Å². The average molecular weight is 605 g/mol. The van der Waals surface area contributed by atoms with E-state index >= 15 is 0 Å². The summed E-state index contributed by atoms with van der Waals surface area (Å²) in [6.07, 6.45) is 7.16. The van der Waals surface area contributed by atoms with Gasteiger partial charge in [-0.1, -0.05) is 55.1 Å². The lowest BCUT2D eigenvalue weighted by Gasteiger charge is -2.14. The molecule has 0 amide bonds. The largest absolute Gasteiger partial charge is 0.494 e. The molecule has 1 heterocycles. The number of ether oxygens (including phenoxy) is 3. The summed E-state index contributed by atoms with van der Waals surface area (Å²) in [7, 11) is 1.50. The Balaban J connectivity index is 0.00000226. The van der Waals surface area contributed by atoms with E-state index in [1.807, 2.05) is 74.5 Å². The Labute approximate surface area is 263 Å². The lowest BCUT2D eigenvalue weighted by atomic mass is 10.0. The Morgan fingerprint density at radius 3 is 2.20 bits per heavy atom. The van der Waals surface area contributed by atoms with Gasteiger partial charge in [0.1, 0.15) is 18.1 Å². The van der Waals surface area contributed by atoms with Crippen molar-refractivity contribution in [3.63, 3.8) is 0 Å². The van der Waals surface area contributed by atoms with Gasteiger partial charge in [-0.15, -0.1) is 0 Å². The van der Waals surface area contributed by atoms with Crippen molar-refractivity contribution in [3.8, 4) is 11.5 Å². The van der Waals surface area contributed by atoms with Crippen LogP contribution in [0.2, 0.25) is 0 Å². The van der Waals surface area contributed by atoms with E-state index in [4.69, 9.17) is 18.6 Å². The van der Waals surface area contributed by atoms with E-state index in [0.717, 1.165) is 16.3 Å². The second-order valence-electron chi connectivity index (χ2n) is 10.1. The van der Waals surface area contributed by atoms with Crippen molar-refractivity contribution in [1.82, 2.24) is 0 Å². The zero-order chi connectivity index (χ0) is 32.5. The number of allylic oxidation sites excluding steroid dienone is 3. The summed E-state index contributed by atoms with van der Waals surface area (Å²) in [6.45, 7) is 11.7. The molecule has 0 saturated carbocycles. The van der Waals surface area contributed by atoms with E-state index in [-0.39, 0.29) is 6.61 Å². The van der Waals surface area contributed by atoms with Gasteiger partial charge in [0.2, 0.25) is 0 Å². The Kier molecular flexibility index (Phi) is 10.8. The normalized spacial score (nSPS) is 11.4. The second kappa shape index (κ2) is 14.9. The van der Waals surface area contributed by atoms with Gasteiger partial charge in [-0.25, -0.2) is 14.0 Å². The smallest absolute Gasteiger partial charge is 0.365 e. The highest BCUT2D eigenvalue weighted by Crippen LogP contribution is 2.35. The maximum atomic E-state index is 14.0. The zero-order valence-corrected chi connectivity index (χ0v) is 26.3. The number of hydrogen-bond donors (Lipinski definition) is 1. The molecule has 5 aromatic rings. The van der Waals surface area contributed by atoms with Crippen LogP contribution in [0.15, 0.2) is 108 Å². The molecule has 0 radical (unpaired) electrons. The number of nitrogens with two attached hydrogens (primary N) is 1. The zero-order valence-electron chi connectivity index (χ0n) is 26.3. The molecule has 0 aliphatic carbocycles. The molecule has 0 saturated heterocycles. The number of rotatable bonds is 9. The highest BCUT2D eigenvalue weighted by atomic mass is 16.5.